The zero-order chi connectivity index (χ0) is 15.0. The van der Waals surface area contributed by atoms with Crippen LogP contribution < -0.4 is 4.74 Å². The average molecular weight is 284 g/mol. The number of nitro groups is 1. The molecule has 3 rings (SSSR count). The van der Waals surface area contributed by atoms with Gasteiger partial charge in [-0.1, -0.05) is 5.21 Å². The molecule has 0 atom stereocenters. The van der Waals surface area contributed by atoms with E-state index in [4.69, 9.17) is 4.74 Å². The highest BCUT2D eigenvalue weighted by Crippen LogP contribution is 2.29. The van der Waals surface area contributed by atoms with Gasteiger partial charge in [-0.3, -0.25) is 10.1 Å². The summed E-state index contributed by atoms with van der Waals surface area (Å²) in [4.78, 5) is 10.3. The Hall–Kier alpha value is -2.96. The van der Waals surface area contributed by atoms with E-state index in [0.29, 0.717) is 17.1 Å². The number of benzene rings is 2. The summed E-state index contributed by atoms with van der Waals surface area (Å²) >= 11 is 0. The van der Waals surface area contributed by atoms with Crippen molar-refractivity contribution < 1.29 is 9.66 Å². The van der Waals surface area contributed by atoms with Crippen molar-refractivity contribution >= 4 is 16.7 Å². The van der Waals surface area contributed by atoms with E-state index >= 15 is 0 Å². The summed E-state index contributed by atoms with van der Waals surface area (Å²) in [7, 11) is 1.82. The van der Waals surface area contributed by atoms with Gasteiger partial charge in [0, 0.05) is 25.2 Å². The lowest BCUT2D eigenvalue weighted by Crippen LogP contribution is -1.92. The maximum absolute atomic E-state index is 10.7. The lowest BCUT2D eigenvalue weighted by atomic mass is 10.2. The van der Waals surface area contributed by atoms with Crippen molar-refractivity contribution in [1.82, 2.24) is 15.0 Å². The number of nitro benzene ring substituents is 1. The monoisotopic (exact) mass is 284 g/mol. The van der Waals surface area contributed by atoms with Crippen molar-refractivity contribution in [2.75, 3.05) is 0 Å². The molecule has 0 bridgehead atoms. The molecule has 0 unspecified atom stereocenters. The molecule has 2 aromatic carbocycles. The SMILES string of the molecule is Cc1cc([N+](=O)[O-])ccc1Oc1ccc2c(c1)nnn2C. The van der Waals surface area contributed by atoms with Crippen LogP contribution in [0.5, 0.6) is 11.5 Å². The number of ether oxygens (including phenoxy) is 1. The van der Waals surface area contributed by atoms with Crippen LogP contribution in [-0.4, -0.2) is 19.9 Å². The summed E-state index contributed by atoms with van der Waals surface area (Å²) in [5.41, 5.74) is 2.38. The third-order valence-electron chi connectivity index (χ3n) is 3.18. The zero-order valence-corrected chi connectivity index (χ0v) is 11.5. The minimum Gasteiger partial charge on any atom is -0.457 e. The molecule has 7 heteroatoms. The number of aryl methyl sites for hydroxylation is 2. The molecule has 0 radical (unpaired) electrons. The van der Waals surface area contributed by atoms with Gasteiger partial charge >= 0.3 is 0 Å². The molecule has 0 amide bonds. The van der Waals surface area contributed by atoms with Crippen molar-refractivity contribution in [2.45, 2.75) is 6.92 Å². The van der Waals surface area contributed by atoms with E-state index in [1.54, 1.807) is 23.7 Å². The molecule has 3 aromatic rings. The molecule has 0 saturated heterocycles. The van der Waals surface area contributed by atoms with Crippen molar-refractivity contribution in [3.8, 4) is 11.5 Å². The Labute approximate surface area is 119 Å². The van der Waals surface area contributed by atoms with Crippen LogP contribution in [-0.2, 0) is 7.05 Å². The predicted octanol–water partition coefficient (Wildman–Crippen LogP) is 2.98. The van der Waals surface area contributed by atoms with Crippen molar-refractivity contribution in [3.63, 3.8) is 0 Å². The number of nitrogens with zero attached hydrogens (tertiary/aromatic N) is 4. The molecule has 21 heavy (non-hydrogen) atoms. The van der Waals surface area contributed by atoms with Gasteiger partial charge in [-0.25, -0.2) is 4.68 Å². The fourth-order valence-corrected chi connectivity index (χ4v) is 2.07. The average Bonchev–Trinajstić information content (AvgIpc) is 2.82. The molecule has 0 aliphatic carbocycles. The second-order valence-corrected chi connectivity index (χ2v) is 4.67. The van der Waals surface area contributed by atoms with Crippen LogP contribution in [0.15, 0.2) is 36.4 Å². The van der Waals surface area contributed by atoms with E-state index < -0.39 is 4.92 Å². The number of aromatic nitrogens is 3. The number of fused-ring (bicyclic) bond motifs is 1. The van der Waals surface area contributed by atoms with E-state index in [0.717, 1.165) is 11.0 Å². The second kappa shape index (κ2) is 4.86. The molecule has 106 valence electrons. The Morgan fingerprint density at radius 3 is 2.76 bits per heavy atom. The molecular weight excluding hydrogens is 272 g/mol. The largest absolute Gasteiger partial charge is 0.457 e. The quantitative estimate of drug-likeness (QED) is 0.545. The molecule has 0 saturated carbocycles. The van der Waals surface area contributed by atoms with E-state index in [2.05, 4.69) is 10.3 Å². The molecule has 7 nitrogen and oxygen atoms in total. The van der Waals surface area contributed by atoms with Crippen LogP contribution in [0, 0.1) is 17.0 Å². The van der Waals surface area contributed by atoms with Crippen molar-refractivity contribution in [1.29, 1.82) is 0 Å². The standard InChI is InChI=1S/C14H12N4O3/c1-9-7-10(18(19)20)3-6-14(9)21-11-4-5-13-12(8-11)15-16-17(13)2/h3-8H,1-2H3. The Balaban J connectivity index is 1.92. The number of hydrogen-bond acceptors (Lipinski definition) is 5. The first kappa shape index (κ1) is 13.0. The fourth-order valence-electron chi connectivity index (χ4n) is 2.07. The summed E-state index contributed by atoms with van der Waals surface area (Å²) in [6, 6.07) is 9.95. The van der Waals surface area contributed by atoms with Gasteiger partial charge in [-0.15, -0.1) is 5.10 Å². The Morgan fingerprint density at radius 1 is 1.24 bits per heavy atom. The summed E-state index contributed by atoms with van der Waals surface area (Å²) in [5, 5.41) is 18.7. The Kier molecular flexibility index (Phi) is 3.02. The van der Waals surface area contributed by atoms with Crippen LogP contribution >= 0.6 is 0 Å². The van der Waals surface area contributed by atoms with Crippen LogP contribution in [0.2, 0.25) is 0 Å². The molecule has 0 fully saturated rings. The number of rotatable bonds is 3. The predicted molar refractivity (Wildman–Crippen MR) is 76.4 cm³/mol. The van der Waals surface area contributed by atoms with Crippen LogP contribution in [0.4, 0.5) is 5.69 Å². The zero-order valence-electron chi connectivity index (χ0n) is 11.5. The Morgan fingerprint density at radius 2 is 2.05 bits per heavy atom. The molecule has 0 aliphatic heterocycles. The van der Waals surface area contributed by atoms with Crippen LogP contribution in [0.25, 0.3) is 11.0 Å². The first-order valence-corrected chi connectivity index (χ1v) is 6.27. The maximum Gasteiger partial charge on any atom is 0.269 e. The van der Waals surface area contributed by atoms with Crippen molar-refractivity contribution in [2.24, 2.45) is 7.05 Å². The van der Waals surface area contributed by atoms with Gasteiger partial charge in [0.15, 0.2) is 0 Å². The third-order valence-corrected chi connectivity index (χ3v) is 3.18. The fraction of sp³-hybridized carbons (Fsp3) is 0.143. The summed E-state index contributed by atoms with van der Waals surface area (Å²) in [5.74, 6) is 1.18. The lowest BCUT2D eigenvalue weighted by molar-refractivity contribution is -0.384. The first-order chi connectivity index (χ1) is 10.0. The van der Waals surface area contributed by atoms with E-state index in [-0.39, 0.29) is 5.69 Å². The van der Waals surface area contributed by atoms with Gasteiger partial charge in [0.1, 0.15) is 17.0 Å². The summed E-state index contributed by atoms with van der Waals surface area (Å²) < 4.78 is 7.44. The van der Waals surface area contributed by atoms with Gasteiger partial charge in [0.25, 0.3) is 5.69 Å². The van der Waals surface area contributed by atoms with E-state index in [1.807, 2.05) is 19.2 Å². The van der Waals surface area contributed by atoms with E-state index in [9.17, 15) is 10.1 Å². The normalized spacial score (nSPS) is 10.8. The topological polar surface area (TPSA) is 83.1 Å². The first-order valence-electron chi connectivity index (χ1n) is 6.27. The highest BCUT2D eigenvalue weighted by Gasteiger charge is 2.10. The third kappa shape index (κ3) is 2.40. The highest BCUT2D eigenvalue weighted by atomic mass is 16.6. The highest BCUT2D eigenvalue weighted by molar-refractivity contribution is 5.76. The molecule has 0 N–H and O–H groups in total. The van der Waals surface area contributed by atoms with Gasteiger partial charge in [-0.2, -0.15) is 0 Å². The molecule has 1 aromatic heterocycles. The minimum absolute atomic E-state index is 0.0456. The molecule has 0 aliphatic rings. The molecular formula is C14H12N4O3. The van der Waals surface area contributed by atoms with E-state index in [1.165, 1.54) is 12.1 Å². The van der Waals surface area contributed by atoms with Gasteiger partial charge in [-0.05, 0) is 30.7 Å². The van der Waals surface area contributed by atoms with Crippen LogP contribution in [0.3, 0.4) is 0 Å². The van der Waals surface area contributed by atoms with Crippen molar-refractivity contribution in [3.05, 3.63) is 52.1 Å². The minimum atomic E-state index is -0.428. The number of non-ortho nitro benzene ring substituents is 1. The van der Waals surface area contributed by atoms with Gasteiger partial charge in [0.2, 0.25) is 0 Å². The molecule has 1 heterocycles. The second-order valence-electron chi connectivity index (χ2n) is 4.67. The summed E-state index contributed by atoms with van der Waals surface area (Å²) in [6.07, 6.45) is 0. The van der Waals surface area contributed by atoms with Crippen LogP contribution in [0.1, 0.15) is 5.56 Å². The smallest absolute Gasteiger partial charge is 0.269 e. The number of hydrogen-bond donors (Lipinski definition) is 0. The lowest BCUT2D eigenvalue weighted by Gasteiger charge is -2.08. The van der Waals surface area contributed by atoms with Gasteiger partial charge < -0.3 is 4.74 Å². The maximum atomic E-state index is 10.7. The summed E-state index contributed by atoms with van der Waals surface area (Å²) in [6.45, 7) is 1.77. The molecule has 0 spiro atoms. The van der Waals surface area contributed by atoms with Gasteiger partial charge in [0.05, 0.1) is 10.4 Å². The Bertz CT molecular complexity index is 841.